The van der Waals surface area contributed by atoms with E-state index in [9.17, 15) is 0 Å². The molecule has 0 N–H and O–H groups in total. The molecule has 1 heterocycles. The molecule has 1 nitrogen and oxygen atoms in total. The fourth-order valence-corrected chi connectivity index (χ4v) is 1.69. The van der Waals surface area contributed by atoms with E-state index in [1.54, 1.807) is 6.26 Å². The van der Waals surface area contributed by atoms with Crippen LogP contribution in [0, 0.1) is 5.92 Å². The van der Waals surface area contributed by atoms with Crippen molar-refractivity contribution in [3.05, 3.63) is 24.5 Å². The molecule has 1 aliphatic rings. The highest BCUT2D eigenvalue weighted by atomic mass is 16.5. The molecule has 0 aromatic carbocycles. The second-order valence-electron chi connectivity index (χ2n) is 3.86. The van der Waals surface area contributed by atoms with Crippen LogP contribution >= 0.6 is 0 Å². The van der Waals surface area contributed by atoms with Crippen LogP contribution in [0.2, 0.25) is 0 Å². The van der Waals surface area contributed by atoms with Gasteiger partial charge in [0, 0.05) is 5.92 Å². The third-order valence-corrected chi connectivity index (χ3v) is 2.59. The molecule has 0 bridgehead atoms. The number of unbranched alkanes of at least 4 members (excludes halogenated alkanes) is 2. The van der Waals surface area contributed by atoms with E-state index in [0.717, 1.165) is 6.42 Å². The molecule has 0 amide bonds. The van der Waals surface area contributed by atoms with Crippen LogP contribution in [0.1, 0.15) is 39.5 Å². The van der Waals surface area contributed by atoms with Gasteiger partial charge in [-0.1, -0.05) is 33.3 Å². The molecule has 1 rings (SSSR count). The van der Waals surface area contributed by atoms with Crippen molar-refractivity contribution in [2.45, 2.75) is 45.6 Å². The van der Waals surface area contributed by atoms with Gasteiger partial charge < -0.3 is 4.74 Å². The quantitative estimate of drug-likeness (QED) is 0.463. The molecule has 0 aromatic rings. The smallest absolute Gasteiger partial charge is 0.125 e. The lowest BCUT2D eigenvalue weighted by atomic mass is 9.96. The summed E-state index contributed by atoms with van der Waals surface area (Å²) in [5.74, 6) is 0.508. The third-order valence-electron chi connectivity index (χ3n) is 2.59. The molecule has 1 aliphatic heterocycles. The Kier molecular flexibility index (Phi) is 4.07. The van der Waals surface area contributed by atoms with Gasteiger partial charge in [-0.2, -0.15) is 0 Å². The molecule has 0 saturated carbocycles. The van der Waals surface area contributed by atoms with Gasteiger partial charge in [0.05, 0.1) is 6.26 Å². The van der Waals surface area contributed by atoms with Crippen molar-refractivity contribution >= 4 is 0 Å². The zero-order valence-corrected chi connectivity index (χ0v) is 8.75. The summed E-state index contributed by atoms with van der Waals surface area (Å²) in [7, 11) is 0. The maximum Gasteiger partial charge on any atom is 0.125 e. The maximum atomic E-state index is 5.48. The van der Waals surface area contributed by atoms with Crippen molar-refractivity contribution in [1.29, 1.82) is 0 Å². The number of hydrogen-bond acceptors (Lipinski definition) is 1. The Balaban J connectivity index is 2.23. The van der Waals surface area contributed by atoms with E-state index in [4.69, 9.17) is 4.74 Å². The molecule has 2 atom stereocenters. The summed E-state index contributed by atoms with van der Waals surface area (Å²) >= 11 is 0. The third kappa shape index (κ3) is 2.91. The van der Waals surface area contributed by atoms with E-state index in [2.05, 4.69) is 26.5 Å². The standard InChI is InChI=1S/C12H20O/c1-4-5-6-7-10(2)12-11(3)8-9-13-12/h8-9,11-12H,2,4-7H2,1,3H3/t11-,12+/m1/s1. The van der Waals surface area contributed by atoms with Crippen molar-refractivity contribution in [3.8, 4) is 0 Å². The van der Waals surface area contributed by atoms with Crippen LogP contribution < -0.4 is 0 Å². The first-order chi connectivity index (χ1) is 6.25. The van der Waals surface area contributed by atoms with Gasteiger partial charge in [-0.25, -0.2) is 0 Å². The Hall–Kier alpha value is -0.720. The molecule has 0 radical (unpaired) electrons. The SMILES string of the molecule is C=C(CCCCC)[C@@H]1OC=C[C@H]1C. The maximum absolute atomic E-state index is 5.48. The zero-order valence-electron chi connectivity index (χ0n) is 8.75. The molecule has 0 unspecified atom stereocenters. The highest BCUT2D eigenvalue weighted by molar-refractivity contribution is 5.11. The van der Waals surface area contributed by atoms with Gasteiger partial charge >= 0.3 is 0 Å². The molecular weight excluding hydrogens is 160 g/mol. The monoisotopic (exact) mass is 180 g/mol. The predicted octanol–water partition coefficient (Wildman–Crippen LogP) is 3.67. The van der Waals surface area contributed by atoms with E-state index in [-0.39, 0.29) is 6.10 Å². The van der Waals surface area contributed by atoms with Crippen LogP contribution in [-0.2, 0) is 4.74 Å². The van der Waals surface area contributed by atoms with Gasteiger partial charge in [0.1, 0.15) is 6.10 Å². The zero-order chi connectivity index (χ0) is 9.68. The second-order valence-corrected chi connectivity index (χ2v) is 3.86. The lowest BCUT2D eigenvalue weighted by molar-refractivity contribution is 0.170. The van der Waals surface area contributed by atoms with Gasteiger partial charge in [0.2, 0.25) is 0 Å². The molecule has 0 fully saturated rings. The first-order valence-corrected chi connectivity index (χ1v) is 5.25. The molecule has 0 aromatic heterocycles. The van der Waals surface area contributed by atoms with Crippen LogP contribution in [0.15, 0.2) is 24.5 Å². The number of ether oxygens (including phenoxy) is 1. The summed E-state index contributed by atoms with van der Waals surface area (Å²) in [4.78, 5) is 0. The summed E-state index contributed by atoms with van der Waals surface area (Å²) in [5, 5.41) is 0. The minimum absolute atomic E-state index is 0.247. The fraction of sp³-hybridized carbons (Fsp3) is 0.667. The van der Waals surface area contributed by atoms with Gasteiger partial charge in [0.15, 0.2) is 0 Å². The Morgan fingerprint density at radius 1 is 1.46 bits per heavy atom. The fourth-order valence-electron chi connectivity index (χ4n) is 1.69. The van der Waals surface area contributed by atoms with Crippen molar-refractivity contribution in [2.24, 2.45) is 5.92 Å². The average Bonchev–Trinajstić information content (AvgIpc) is 2.52. The Morgan fingerprint density at radius 2 is 2.23 bits per heavy atom. The highest BCUT2D eigenvalue weighted by Gasteiger charge is 2.22. The number of rotatable bonds is 5. The molecular formula is C12H20O. The largest absolute Gasteiger partial charge is 0.493 e. The van der Waals surface area contributed by atoms with Gasteiger partial charge in [-0.15, -0.1) is 0 Å². The second kappa shape index (κ2) is 5.11. The van der Waals surface area contributed by atoms with E-state index >= 15 is 0 Å². The van der Waals surface area contributed by atoms with E-state index < -0.39 is 0 Å². The molecule has 74 valence electrons. The van der Waals surface area contributed by atoms with Crippen LogP contribution in [0.5, 0.6) is 0 Å². The molecule has 13 heavy (non-hydrogen) atoms. The summed E-state index contributed by atoms with van der Waals surface area (Å²) in [6.07, 6.45) is 9.10. The molecule has 0 saturated heterocycles. The van der Waals surface area contributed by atoms with Gasteiger partial charge in [-0.3, -0.25) is 0 Å². The summed E-state index contributed by atoms with van der Waals surface area (Å²) < 4.78 is 5.48. The van der Waals surface area contributed by atoms with E-state index in [0.29, 0.717) is 5.92 Å². The Morgan fingerprint density at radius 3 is 2.77 bits per heavy atom. The van der Waals surface area contributed by atoms with E-state index in [1.165, 1.54) is 24.8 Å². The minimum Gasteiger partial charge on any atom is -0.493 e. The van der Waals surface area contributed by atoms with Crippen LogP contribution in [0.25, 0.3) is 0 Å². The topological polar surface area (TPSA) is 9.23 Å². The Bertz CT molecular complexity index is 193. The van der Waals surface area contributed by atoms with E-state index in [1.807, 2.05) is 0 Å². The summed E-state index contributed by atoms with van der Waals surface area (Å²) in [6.45, 7) is 8.49. The van der Waals surface area contributed by atoms with Crippen LogP contribution in [0.3, 0.4) is 0 Å². The molecule has 0 aliphatic carbocycles. The van der Waals surface area contributed by atoms with Crippen molar-refractivity contribution in [1.82, 2.24) is 0 Å². The highest BCUT2D eigenvalue weighted by Crippen LogP contribution is 2.25. The average molecular weight is 180 g/mol. The van der Waals surface area contributed by atoms with Crippen molar-refractivity contribution in [3.63, 3.8) is 0 Å². The summed E-state index contributed by atoms with van der Waals surface area (Å²) in [5.41, 5.74) is 1.26. The van der Waals surface area contributed by atoms with Crippen molar-refractivity contribution < 1.29 is 4.74 Å². The lowest BCUT2D eigenvalue weighted by Crippen LogP contribution is -2.16. The lowest BCUT2D eigenvalue weighted by Gasteiger charge is -2.17. The van der Waals surface area contributed by atoms with Gasteiger partial charge in [-0.05, 0) is 24.5 Å². The minimum atomic E-state index is 0.247. The number of hydrogen-bond donors (Lipinski definition) is 0. The van der Waals surface area contributed by atoms with Crippen LogP contribution in [0.4, 0.5) is 0 Å². The predicted molar refractivity (Wildman–Crippen MR) is 56.5 cm³/mol. The normalized spacial score (nSPS) is 26.0. The van der Waals surface area contributed by atoms with Crippen molar-refractivity contribution in [2.75, 3.05) is 0 Å². The van der Waals surface area contributed by atoms with Gasteiger partial charge in [0.25, 0.3) is 0 Å². The first-order valence-electron chi connectivity index (χ1n) is 5.25. The summed E-state index contributed by atoms with van der Waals surface area (Å²) in [6, 6.07) is 0. The molecule has 1 heteroatoms. The Labute approximate surface area is 81.5 Å². The van der Waals surface area contributed by atoms with Crippen LogP contribution in [-0.4, -0.2) is 6.10 Å². The first kappa shape index (κ1) is 10.4. The molecule has 0 spiro atoms.